The van der Waals surface area contributed by atoms with E-state index >= 15 is 0 Å². The molecule has 3 heteroatoms. The van der Waals surface area contributed by atoms with Crippen molar-refractivity contribution in [3.05, 3.63) is 12.8 Å². The van der Waals surface area contributed by atoms with Gasteiger partial charge in [0.15, 0.2) is 0 Å². The van der Waals surface area contributed by atoms with Crippen LogP contribution in [0.25, 0.3) is 0 Å². The van der Waals surface area contributed by atoms with Gasteiger partial charge < -0.3 is 9.84 Å². The van der Waals surface area contributed by atoms with Crippen molar-refractivity contribution in [3.63, 3.8) is 0 Å². The molecule has 0 unspecified atom stereocenters. The maximum Gasteiger partial charge on any atom is 0.214 e. The molecule has 8 heavy (non-hydrogen) atoms. The van der Waals surface area contributed by atoms with Gasteiger partial charge >= 0.3 is 0 Å². The topological polar surface area (TPSA) is 41.8 Å². The summed E-state index contributed by atoms with van der Waals surface area (Å²) in [5, 5.41) is 8.35. The van der Waals surface area contributed by atoms with E-state index in [1.165, 1.54) is 13.3 Å². The molecule has 0 amide bonds. The Morgan fingerprint density at radius 3 is 2.75 bits per heavy atom. The fourth-order valence-corrected chi connectivity index (χ4v) is 0.260. The van der Waals surface area contributed by atoms with Crippen molar-refractivity contribution in [2.24, 2.45) is 4.99 Å². The minimum absolute atomic E-state index is 0.178. The Labute approximate surface area is 48.3 Å². The maximum absolute atomic E-state index is 8.35. The van der Waals surface area contributed by atoms with Gasteiger partial charge in [-0.05, 0) is 0 Å². The number of aliphatic hydroxyl groups is 1. The predicted octanol–water partition coefficient (Wildman–Crippen LogP) is 0.167. The molecule has 0 aromatic carbocycles. The summed E-state index contributed by atoms with van der Waals surface area (Å²) < 4.78 is 4.57. The van der Waals surface area contributed by atoms with E-state index in [0.717, 1.165) is 0 Å². The molecular weight excluding hydrogens is 106 g/mol. The summed E-state index contributed by atoms with van der Waals surface area (Å²) in [4.78, 5) is 3.57. The monoisotopic (exact) mass is 115 g/mol. The first-order valence-corrected chi connectivity index (χ1v) is 2.17. The molecule has 46 valence electrons. The Morgan fingerprint density at radius 2 is 2.62 bits per heavy atom. The third-order valence-corrected chi connectivity index (χ3v) is 0.606. The van der Waals surface area contributed by atoms with Crippen LogP contribution in [-0.4, -0.2) is 24.7 Å². The minimum Gasteiger partial charge on any atom is -0.482 e. The molecule has 0 aromatic rings. The van der Waals surface area contributed by atoms with Gasteiger partial charge in [-0.3, -0.25) is 0 Å². The van der Waals surface area contributed by atoms with Crippen LogP contribution in [0, 0.1) is 0 Å². The molecule has 1 N–H and O–H groups in total. The molecule has 0 fully saturated rings. The van der Waals surface area contributed by atoms with Crippen LogP contribution in [0.4, 0.5) is 0 Å². The van der Waals surface area contributed by atoms with E-state index < -0.39 is 0 Å². The summed E-state index contributed by atoms with van der Waals surface area (Å²) in [6, 6.07) is 0. The molecule has 0 spiro atoms. The zero-order valence-corrected chi connectivity index (χ0v) is 4.79. The van der Waals surface area contributed by atoms with Crippen molar-refractivity contribution in [2.45, 2.75) is 0 Å². The molecule has 0 aliphatic carbocycles. The van der Waals surface area contributed by atoms with Crippen LogP contribution in [0.2, 0.25) is 0 Å². The maximum atomic E-state index is 8.35. The van der Waals surface area contributed by atoms with E-state index in [4.69, 9.17) is 5.11 Å². The number of rotatable bonds is 2. The Bertz CT molecular complexity index is 92.6. The zero-order chi connectivity index (χ0) is 6.41. The van der Waals surface area contributed by atoms with E-state index in [9.17, 15) is 0 Å². The Morgan fingerprint density at radius 1 is 2.00 bits per heavy atom. The average Bonchev–Trinajstić information content (AvgIpc) is 1.83. The van der Waals surface area contributed by atoms with Crippen molar-refractivity contribution in [1.29, 1.82) is 0 Å². The number of ether oxygens (including phenoxy) is 1. The lowest BCUT2D eigenvalue weighted by Crippen LogP contribution is -2.05. The fraction of sp³-hybridized carbons (Fsp3) is 0.400. The number of aliphatic imine (C=N–C) groups is 1. The van der Waals surface area contributed by atoms with E-state index in [1.807, 2.05) is 0 Å². The molecule has 0 aliphatic rings. The molecule has 0 aliphatic heterocycles. The van der Waals surface area contributed by atoms with E-state index in [0.29, 0.717) is 0 Å². The van der Waals surface area contributed by atoms with Crippen molar-refractivity contribution in [1.82, 2.24) is 0 Å². The molecule has 0 bridgehead atoms. The van der Waals surface area contributed by atoms with Gasteiger partial charge in [0.1, 0.15) is 6.61 Å². The second-order valence-corrected chi connectivity index (χ2v) is 1.07. The number of methoxy groups -OCH3 is 1. The van der Waals surface area contributed by atoms with Crippen molar-refractivity contribution < 1.29 is 9.84 Å². The van der Waals surface area contributed by atoms with Crippen LogP contribution in [0.15, 0.2) is 17.8 Å². The second kappa shape index (κ2) is 4.33. The molecule has 0 saturated heterocycles. The van der Waals surface area contributed by atoms with Gasteiger partial charge in [0.25, 0.3) is 0 Å². The fourth-order valence-electron chi connectivity index (χ4n) is 0.260. The molecule has 0 atom stereocenters. The summed E-state index contributed by atoms with van der Waals surface area (Å²) in [5.41, 5.74) is 0. The van der Waals surface area contributed by atoms with Crippen molar-refractivity contribution in [3.8, 4) is 0 Å². The summed E-state index contributed by atoms with van der Waals surface area (Å²) in [7, 11) is 1.44. The normalized spacial score (nSPS) is 11.0. The van der Waals surface area contributed by atoms with Gasteiger partial charge in [-0.1, -0.05) is 6.58 Å². The first-order chi connectivity index (χ1) is 3.85. The number of aliphatic hydroxyl groups excluding tert-OH is 1. The van der Waals surface area contributed by atoms with E-state index in [-0.39, 0.29) is 12.5 Å². The standard InChI is InChI=1S/C5H9NO2/c1-3-6-5(4-7)8-2/h3,7H,1,4H2,2H3. The van der Waals surface area contributed by atoms with Crippen molar-refractivity contribution in [2.75, 3.05) is 13.7 Å². The summed E-state index contributed by atoms with van der Waals surface area (Å²) >= 11 is 0. The van der Waals surface area contributed by atoms with Crippen molar-refractivity contribution >= 4 is 5.90 Å². The van der Waals surface area contributed by atoms with Crippen LogP contribution in [-0.2, 0) is 4.74 Å². The smallest absolute Gasteiger partial charge is 0.214 e. The SMILES string of the molecule is C=CN=C(CO)OC. The Kier molecular flexibility index (Phi) is 3.88. The van der Waals surface area contributed by atoms with Gasteiger partial charge in [0, 0.05) is 6.20 Å². The first-order valence-electron chi connectivity index (χ1n) is 2.17. The zero-order valence-electron chi connectivity index (χ0n) is 4.79. The van der Waals surface area contributed by atoms with Gasteiger partial charge in [0.2, 0.25) is 5.90 Å². The van der Waals surface area contributed by atoms with Crippen LogP contribution in [0.5, 0.6) is 0 Å². The lowest BCUT2D eigenvalue weighted by Gasteiger charge is -1.95. The van der Waals surface area contributed by atoms with Gasteiger partial charge in [-0.2, -0.15) is 0 Å². The highest BCUT2D eigenvalue weighted by atomic mass is 16.5. The highest BCUT2D eigenvalue weighted by Gasteiger charge is 1.88. The molecule has 0 rings (SSSR count). The number of hydrogen-bond acceptors (Lipinski definition) is 3. The van der Waals surface area contributed by atoms with E-state index in [1.54, 1.807) is 0 Å². The largest absolute Gasteiger partial charge is 0.482 e. The summed E-state index contributed by atoms with van der Waals surface area (Å²) in [6.07, 6.45) is 1.31. The summed E-state index contributed by atoms with van der Waals surface area (Å²) in [6.45, 7) is 3.14. The number of nitrogens with zero attached hydrogens (tertiary/aromatic N) is 1. The van der Waals surface area contributed by atoms with Gasteiger partial charge in [0.05, 0.1) is 7.11 Å². The quantitative estimate of drug-likeness (QED) is 0.411. The van der Waals surface area contributed by atoms with Crippen LogP contribution >= 0.6 is 0 Å². The molecule has 0 radical (unpaired) electrons. The van der Waals surface area contributed by atoms with E-state index in [2.05, 4.69) is 16.3 Å². The third-order valence-electron chi connectivity index (χ3n) is 0.606. The second-order valence-electron chi connectivity index (χ2n) is 1.07. The van der Waals surface area contributed by atoms with Gasteiger partial charge in [-0.25, -0.2) is 4.99 Å². The van der Waals surface area contributed by atoms with Gasteiger partial charge in [-0.15, -0.1) is 0 Å². The highest BCUT2D eigenvalue weighted by molar-refractivity contribution is 5.77. The minimum atomic E-state index is -0.178. The first kappa shape index (κ1) is 7.17. The third kappa shape index (κ3) is 2.36. The van der Waals surface area contributed by atoms with Crippen LogP contribution in [0.3, 0.4) is 0 Å². The molecule has 0 aromatic heterocycles. The average molecular weight is 115 g/mol. The molecule has 0 saturated carbocycles. The lowest BCUT2D eigenvalue weighted by atomic mass is 10.7. The van der Waals surface area contributed by atoms with Crippen LogP contribution < -0.4 is 0 Å². The molecule has 0 heterocycles. The predicted molar refractivity (Wildman–Crippen MR) is 31.7 cm³/mol. The lowest BCUT2D eigenvalue weighted by molar-refractivity contribution is 0.298. The summed E-state index contributed by atoms with van der Waals surface area (Å²) in [5.74, 6) is 0.278. The Hall–Kier alpha value is -0.830. The van der Waals surface area contributed by atoms with Crippen LogP contribution in [0.1, 0.15) is 0 Å². The number of hydrogen-bond donors (Lipinski definition) is 1. The Balaban J connectivity index is 3.66. The highest BCUT2D eigenvalue weighted by Crippen LogP contribution is 1.77. The molecular formula is C5H9NO2. The molecule has 3 nitrogen and oxygen atoms in total.